The Bertz CT molecular complexity index is 3310. The summed E-state index contributed by atoms with van der Waals surface area (Å²) in [5.41, 5.74) is 17.3. The smallest absolute Gasteiger partial charge is 0.0546 e. The molecule has 0 saturated carbocycles. The van der Waals surface area contributed by atoms with E-state index in [2.05, 4.69) is 234 Å². The second kappa shape index (κ2) is 14.2. The van der Waals surface area contributed by atoms with E-state index in [1.54, 1.807) is 0 Å². The highest BCUT2D eigenvalue weighted by atomic mass is 32.1. The highest BCUT2D eigenvalue weighted by molar-refractivity contribution is 7.26. The Kier molecular flexibility index (Phi) is 8.67. The van der Waals surface area contributed by atoms with Crippen LogP contribution in [-0.2, 0) is 10.8 Å². The summed E-state index contributed by atoms with van der Waals surface area (Å²) in [5, 5.41) is 5.09. The maximum Gasteiger partial charge on any atom is 0.0546 e. The van der Waals surface area contributed by atoms with Gasteiger partial charge in [0.25, 0.3) is 0 Å². The molecule has 1 heterocycles. The molecule has 0 bridgehead atoms. The van der Waals surface area contributed by atoms with E-state index < -0.39 is 0 Å². The summed E-state index contributed by atoms with van der Waals surface area (Å²) in [7, 11) is 0. The van der Waals surface area contributed by atoms with E-state index in [-0.39, 0.29) is 10.8 Å². The zero-order chi connectivity index (χ0) is 41.5. The Labute approximate surface area is 363 Å². The largest absolute Gasteiger partial charge is 0.309 e. The van der Waals surface area contributed by atoms with Crippen molar-refractivity contribution < 1.29 is 0 Å². The minimum absolute atomic E-state index is 0.0220. The lowest BCUT2D eigenvalue weighted by Crippen LogP contribution is -2.16. The fourth-order valence-corrected chi connectivity index (χ4v) is 11.1. The third kappa shape index (κ3) is 6.12. The third-order valence-corrected chi connectivity index (χ3v) is 14.3. The van der Waals surface area contributed by atoms with Gasteiger partial charge < -0.3 is 4.90 Å². The molecule has 0 unspecified atom stereocenters. The van der Waals surface area contributed by atoms with E-state index >= 15 is 0 Å². The second-order valence-corrected chi connectivity index (χ2v) is 19.2. The van der Waals surface area contributed by atoms with Crippen LogP contribution in [0.2, 0.25) is 0 Å². The lowest BCUT2D eigenvalue weighted by Gasteiger charge is -2.32. The number of nitrogens with zero attached hydrogens (tertiary/aromatic N) is 1. The van der Waals surface area contributed by atoms with E-state index in [1.807, 2.05) is 11.3 Å². The summed E-state index contributed by atoms with van der Waals surface area (Å²) in [5.74, 6) is 0. The molecule has 1 aliphatic carbocycles. The molecule has 0 amide bonds. The molecule has 0 saturated heterocycles. The number of hydrogen-bond acceptors (Lipinski definition) is 2. The molecular weight excluding hydrogens is 755 g/mol. The number of hydrogen-bond donors (Lipinski definition) is 0. The minimum atomic E-state index is -0.0884. The van der Waals surface area contributed by atoms with Crippen LogP contribution in [-0.4, -0.2) is 0 Å². The SMILES string of the molecule is CC(C)(C)c1ccc(N(c2ccc3c(c2)-c2ccccc2C3(C)C)c2ccc3ccccc3c2-c2ccc(-c3cccc4c3sc3ccccc34)cc2)c(-c2ccccc2)c1. The highest BCUT2D eigenvalue weighted by Crippen LogP contribution is 2.53. The van der Waals surface area contributed by atoms with Crippen molar-refractivity contribution in [2.45, 2.75) is 45.4 Å². The molecule has 11 rings (SSSR count). The van der Waals surface area contributed by atoms with Gasteiger partial charge in [-0.15, -0.1) is 11.3 Å². The standard InChI is InChI=1S/C59H47NS/c1-58(2,3)42-31-35-53(49(36-42)38-16-7-6-8-17-38)60(43-32-33-52-50(37-43)46-20-11-13-24-51(46)59(52,4)5)54-34-30-39-18-9-10-19-44(39)56(54)41-28-26-40(27-29-41)45-22-15-23-48-47-21-12-14-25-55(47)61-57(45)48/h6-37H,1-5H3. The van der Waals surface area contributed by atoms with Gasteiger partial charge >= 0.3 is 0 Å². The normalized spacial score (nSPS) is 13.1. The van der Waals surface area contributed by atoms with Crippen molar-refractivity contribution in [3.8, 4) is 44.5 Å². The minimum Gasteiger partial charge on any atom is -0.309 e. The molecule has 1 aliphatic rings. The maximum absolute atomic E-state index is 2.54. The van der Waals surface area contributed by atoms with E-state index in [9.17, 15) is 0 Å². The van der Waals surface area contributed by atoms with Crippen LogP contribution in [0, 0.1) is 0 Å². The molecule has 0 N–H and O–H groups in total. The van der Waals surface area contributed by atoms with Gasteiger partial charge in [-0.1, -0.05) is 192 Å². The third-order valence-electron chi connectivity index (χ3n) is 13.1. The molecule has 10 aromatic rings. The molecule has 0 atom stereocenters. The molecule has 0 spiro atoms. The second-order valence-electron chi connectivity index (χ2n) is 18.1. The first-order valence-electron chi connectivity index (χ1n) is 21.4. The lowest BCUT2D eigenvalue weighted by atomic mass is 9.82. The number of anilines is 3. The molecule has 1 nitrogen and oxygen atoms in total. The average molecular weight is 802 g/mol. The van der Waals surface area contributed by atoms with Gasteiger partial charge in [0, 0.05) is 42.4 Å². The zero-order valence-electron chi connectivity index (χ0n) is 35.3. The van der Waals surface area contributed by atoms with Crippen LogP contribution in [0.4, 0.5) is 17.1 Å². The van der Waals surface area contributed by atoms with Crippen LogP contribution in [0.25, 0.3) is 75.5 Å². The van der Waals surface area contributed by atoms with Crippen molar-refractivity contribution in [1.29, 1.82) is 0 Å². The van der Waals surface area contributed by atoms with Gasteiger partial charge in [0.1, 0.15) is 0 Å². The van der Waals surface area contributed by atoms with Gasteiger partial charge in [0.15, 0.2) is 0 Å². The van der Waals surface area contributed by atoms with Crippen LogP contribution < -0.4 is 4.90 Å². The summed E-state index contributed by atoms with van der Waals surface area (Å²) in [6.45, 7) is 11.6. The lowest BCUT2D eigenvalue weighted by molar-refractivity contribution is 0.590. The van der Waals surface area contributed by atoms with Crippen molar-refractivity contribution in [2.24, 2.45) is 0 Å². The Hall–Kier alpha value is -6.74. The van der Waals surface area contributed by atoms with Gasteiger partial charge in [0.05, 0.1) is 11.4 Å². The summed E-state index contributed by atoms with van der Waals surface area (Å²) >= 11 is 1.89. The zero-order valence-corrected chi connectivity index (χ0v) is 36.1. The summed E-state index contributed by atoms with van der Waals surface area (Å²) in [6.07, 6.45) is 0. The average Bonchev–Trinajstić information content (AvgIpc) is 3.78. The summed E-state index contributed by atoms with van der Waals surface area (Å²) < 4.78 is 2.66. The van der Waals surface area contributed by atoms with Gasteiger partial charge in [-0.3, -0.25) is 0 Å². The summed E-state index contributed by atoms with van der Waals surface area (Å²) in [6, 6.07) is 72.6. The van der Waals surface area contributed by atoms with Crippen molar-refractivity contribution in [3.05, 3.63) is 211 Å². The van der Waals surface area contributed by atoms with E-state index in [0.717, 1.165) is 17.1 Å². The Morgan fingerprint density at radius 3 is 1.90 bits per heavy atom. The van der Waals surface area contributed by atoms with Crippen LogP contribution in [0.1, 0.15) is 51.3 Å². The van der Waals surface area contributed by atoms with E-state index in [1.165, 1.54) is 92.1 Å². The highest BCUT2D eigenvalue weighted by Gasteiger charge is 2.36. The number of thiophene rings is 1. The Morgan fingerprint density at radius 1 is 0.443 bits per heavy atom. The van der Waals surface area contributed by atoms with Crippen LogP contribution in [0.3, 0.4) is 0 Å². The maximum atomic E-state index is 2.54. The van der Waals surface area contributed by atoms with Gasteiger partial charge in [-0.2, -0.15) is 0 Å². The monoisotopic (exact) mass is 801 g/mol. The number of fused-ring (bicyclic) bond motifs is 7. The first-order valence-corrected chi connectivity index (χ1v) is 22.2. The number of benzene rings is 9. The van der Waals surface area contributed by atoms with Crippen LogP contribution >= 0.6 is 11.3 Å². The molecule has 0 aliphatic heterocycles. The first-order chi connectivity index (χ1) is 29.6. The van der Waals surface area contributed by atoms with Crippen molar-refractivity contribution in [2.75, 3.05) is 4.90 Å². The number of rotatable bonds is 6. The van der Waals surface area contributed by atoms with Crippen molar-refractivity contribution >= 4 is 59.3 Å². The van der Waals surface area contributed by atoms with Crippen LogP contribution in [0.5, 0.6) is 0 Å². The van der Waals surface area contributed by atoms with Crippen molar-refractivity contribution in [3.63, 3.8) is 0 Å². The fraction of sp³-hybridized carbons (Fsp3) is 0.119. The fourth-order valence-electron chi connectivity index (χ4n) is 9.84. The van der Waals surface area contributed by atoms with Crippen molar-refractivity contribution in [1.82, 2.24) is 0 Å². The molecule has 9 aromatic carbocycles. The molecular formula is C59H47NS. The Balaban J connectivity index is 1.16. The predicted molar refractivity (Wildman–Crippen MR) is 264 cm³/mol. The molecule has 1 aromatic heterocycles. The Morgan fingerprint density at radius 2 is 1.08 bits per heavy atom. The van der Waals surface area contributed by atoms with E-state index in [4.69, 9.17) is 0 Å². The van der Waals surface area contributed by atoms with Gasteiger partial charge in [-0.25, -0.2) is 0 Å². The summed E-state index contributed by atoms with van der Waals surface area (Å²) in [4.78, 5) is 2.54. The quantitative estimate of drug-likeness (QED) is 0.162. The van der Waals surface area contributed by atoms with Gasteiger partial charge in [-0.05, 0) is 103 Å². The topological polar surface area (TPSA) is 3.24 Å². The van der Waals surface area contributed by atoms with E-state index in [0.29, 0.717) is 0 Å². The molecule has 2 heteroatoms. The molecule has 61 heavy (non-hydrogen) atoms. The molecule has 0 fully saturated rings. The van der Waals surface area contributed by atoms with Crippen LogP contribution in [0.15, 0.2) is 194 Å². The van der Waals surface area contributed by atoms with Gasteiger partial charge in [0.2, 0.25) is 0 Å². The molecule has 294 valence electrons. The first kappa shape index (κ1) is 37.3. The predicted octanol–water partition coefficient (Wildman–Crippen LogP) is 17.3. The molecule has 0 radical (unpaired) electrons.